The number of amides is 1. The Kier molecular flexibility index (Phi) is 12.5. The van der Waals surface area contributed by atoms with E-state index in [-0.39, 0.29) is 30.1 Å². The number of hydrogen-bond acceptors (Lipinski definition) is 10. The standard InChI is InChI=1S/C46H59Cl2N7O5/c1-52-40-24-32(8-11-34(40)38(51-52)22-31-23-43(31)60-42-13-6-28(20-36(42)48)44(56)37(49)26-53-15-2-3-16-53)55-19-14-30(25-55)46(58)50-39(27-54-17-4-5-18-54)45(57)29-7-12-41(35(47)21-29)59-33-9-10-33/h6-8,11-13,20-21,24,30-31,33,37,39,43-45,56-57H,2-5,9-10,14-19,22-23,25-27,49H2,1H3,(H,50,58)/t30-,31?,37-,39-,43?,44-,45-/m1/s1. The normalized spacial score (nSPS) is 24.2. The lowest BCUT2D eigenvalue weighted by Crippen LogP contribution is -2.48. The van der Waals surface area contributed by atoms with Gasteiger partial charge in [-0.3, -0.25) is 9.48 Å². The van der Waals surface area contributed by atoms with Gasteiger partial charge in [0.25, 0.3) is 0 Å². The molecule has 0 bridgehead atoms. The lowest BCUT2D eigenvalue weighted by atomic mass is 10.00. The molecule has 60 heavy (non-hydrogen) atoms. The molecule has 2 saturated carbocycles. The zero-order chi connectivity index (χ0) is 41.5. The molecular weight excluding hydrogens is 801 g/mol. The Morgan fingerprint density at radius 1 is 0.850 bits per heavy atom. The number of benzene rings is 3. The Morgan fingerprint density at radius 3 is 2.17 bits per heavy atom. The molecule has 3 aliphatic heterocycles. The molecule has 2 unspecified atom stereocenters. The predicted molar refractivity (Wildman–Crippen MR) is 235 cm³/mol. The van der Waals surface area contributed by atoms with E-state index in [1.807, 2.05) is 36.0 Å². The first-order chi connectivity index (χ1) is 29.1. The SMILES string of the molecule is Cn1nc(CC2CC2Oc2ccc([C@@H](O)[C@H](N)CN3CCCC3)cc2Cl)c2ccc(N3CC[C@@H](C(=O)N[C@H](CN4CCCC4)[C@H](O)c4ccc(OC5CC5)c(Cl)c4)C3)cc21. The van der Waals surface area contributed by atoms with Gasteiger partial charge in [-0.25, -0.2) is 0 Å². The number of likely N-dealkylation sites (tertiary alicyclic amines) is 2. The maximum atomic E-state index is 13.9. The molecule has 3 aromatic carbocycles. The number of ether oxygens (including phenoxy) is 2. The fourth-order valence-electron chi connectivity index (χ4n) is 9.44. The summed E-state index contributed by atoms with van der Waals surface area (Å²) < 4.78 is 14.2. The minimum absolute atomic E-state index is 0.0300. The molecule has 322 valence electrons. The van der Waals surface area contributed by atoms with E-state index < -0.39 is 18.2 Å². The summed E-state index contributed by atoms with van der Waals surface area (Å²) >= 11 is 13.3. The van der Waals surface area contributed by atoms with E-state index in [9.17, 15) is 15.0 Å². The highest BCUT2D eigenvalue weighted by molar-refractivity contribution is 6.32. The van der Waals surface area contributed by atoms with Gasteiger partial charge < -0.3 is 45.4 Å². The molecule has 5 aliphatic rings. The van der Waals surface area contributed by atoms with Gasteiger partial charge >= 0.3 is 0 Å². The van der Waals surface area contributed by atoms with Gasteiger partial charge in [-0.05, 0) is 138 Å². The Hall–Kier alpha value is -3.62. The van der Waals surface area contributed by atoms with E-state index >= 15 is 0 Å². The highest BCUT2D eigenvalue weighted by Crippen LogP contribution is 2.41. The average Bonchev–Trinajstić information content (AvgIpc) is 3.81. The lowest BCUT2D eigenvalue weighted by Gasteiger charge is -2.30. The first-order valence-electron chi connectivity index (χ1n) is 22.1. The smallest absolute Gasteiger partial charge is 0.225 e. The molecule has 14 heteroatoms. The molecule has 5 N–H and O–H groups in total. The molecule has 2 aliphatic carbocycles. The number of hydrogen-bond donors (Lipinski definition) is 4. The van der Waals surface area contributed by atoms with Gasteiger partial charge in [0.05, 0.1) is 45.4 Å². The molecule has 9 rings (SSSR count). The average molecular weight is 861 g/mol. The maximum Gasteiger partial charge on any atom is 0.225 e. The number of aliphatic hydroxyl groups excluding tert-OH is 2. The summed E-state index contributed by atoms with van der Waals surface area (Å²) in [4.78, 5) is 20.8. The van der Waals surface area contributed by atoms with Crippen molar-refractivity contribution in [1.29, 1.82) is 0 Å². The van der Waals surface area contributed by atoms with Crippen LogP contribution in [0.1, 0.15) is 80.4 Å². The third-order valence-electron chi connectivity index (χ3n) is 13.3. The fraction of sp³-hybridized carbons (Fsp3) is 0.565. The van der Waals surface area contributed by atoms with Crippen LogP contribution in [0.3, 0.4) is 0 Å². The van der Waals surface area contributed by atoms with Gasteiger partial charge in [0, 0.05) is 56.3 Å². The quantitative estimate of drug-likeness (QED) is 0.0996. The van der Waals surface area contributed by atoms with Crippen LogP contribution in [0.15, 0.2) is 54.6 Å². The van der Waals surface area contributed by atoms with Crippen molar-refractivity contribution >= 4 is 45.7 Å². The third kappa shape index (κ3) is 9.55. The van der Waals surface area contributed by atoms with Crippen molar-refractivity contribution in [2.75, 3.05) is 57.3 Å². The second kappa shape index (κ2) is 18.0. The maximum absolute atomic E-state index is 13.9. The van der Waals surface area contributed by atoms with Crippen molar-refractivity contribution in [3.8, 4) is 11.5 Å². The number of anilines is 1. The van der Waals surface area contributed by atoms with E-state index in [0.717, 1.165) is 100.0 Å². The number of nitrogens with zero attached hydrogens (tertiary/aromatic N) is 5. The van der Waals surface area contributed by atoms with Crippen LogP contribution >= 0.6 is 23.2 Å². The van der Waals surface area contributed by atoms with E-state index in [0.29, 0.717) is 58.2 Å². The largest absolute Gasteiger partial charge is 0.489 e. The number of carbonyl (C=O) groups is 1. The number of aromatic nitrogens is 2. The first kappa shape index (κ1) is 41.7. The molecule has 7 atom stereocenters. The summed E-state index contributed by atoms with van der Waals surface area (Å²) in [5.74, 6) is 1.35. The summed E-state index contributed by atoms with van der Waals surface area (Å²) in [7, 11) is 1.98. The van der Waals surface area contributed by atoms with Gasteiger partial charge in [0.15, 0.2) is 0 Å². The van der Waals surface area contributed by atoms with Crippen LogP contribution in [-0.4, -0.2) is 112 Å². The van der Waals surface area contributed by atoms with Crippen molar-refractivity contribution in [3.05, 3.63) is 81.5 Å². The van der Waals surface area contributed by atoms with Crippen molar-refractivity contribution < 1.29 is 24.5 Å². The Labute approximate surface area is 362 Å². The molecule has 4 heterocycles. The molecule has 0 spiro atoms. The third-order valence-corrected chi connectivity index (χ3v) is 13.9. The molecule has 1 aromatic heterocycles. The van der Waals surface area contributed by atoms with E-state index in [4.69, 9.17) is 43.5 Å². The number of nitrogens with one attached hydrogen (secondary N) is 1. The number of nitrogens with two attached hydrogens (primary N) is 1. The molecule has 3 saturated heterocycles. The molecule has 5 fully saturated rings. The predicted octanol–water partition coefficient (Wildman–Crippen LogP) is 6.03. The van der Waals surface area contributed by atoms with Gasteiger partial charge in [-0.15, -0.1) is 0 Å². The van der Waals surface area contributed by atoms with Crippen LogP contribution in [-0.2, 0) is 18.3 Å². The number of halogens is 2. The minimum atomic E-state index is -0.906. The zero-order valence-electron chi connectivity index (χ0n) is 34.5. The summed E-state index contributed by atoms with van der Waals surface area (Å²) in [5.41, 5.74) is 10.9. The topological polar surface area (TPSA) is 142 Å². The van der Waals surface area contributed by atoms with Crippen LogP contribution in [0, 0.1) is 11.8 Å². The summed E-state index contributed by atoms with van der Waals surface area (Å²) in [6.07, 6.45) is 7.71. The monoisotopic (exact) mass is 859 g/mol. The minimum Gasteiger partial charge on any atom is -0.489 e. The van der Waals surface area contributed by atoms with Crippen molar-refractivity contribution in [3.63, 3.8) is 0 Å². The Balaban J connectivity index is 0.797. The van der Waals surface area contributed by atoms with Gasteiger partial charge in [0.1, 0.15) is 23.7 Å². The van der Waals surface area contributed by atoms with Crippen LogP contribution < -0.4 is 25.4 Å². The first-order valence-corrected chi connectivity index (χ1v) is 22.8. The van der Waals surface area contributed by atoms with Gasteiger partial charge in [0.2, 0.25) is 5.91 Å². The molecule has 12 nitrogen and oxygen atoms in total. The second-order valence-electron chi connectivity index (χ2n) is 17.9. The number of carbonyl (C=O) groups excluding carboxylic acids is 1. The number of aryl methyl sites for hydroxylation is 1. The molecule has 4 aromatic rings. The summed E-state index contributed by atoms with van der Waals surface area (Å²) in [6, 6.07) is 16.6. The van der Waals surface area contributed by atoms with Gasteiger partial charge in [-0.2, -0.15) is 5.10 Å². The Bertz CT molecular complexity index is 2150. The molecule has 0 radical (unpaired) electrons. The molecular formula is C46H59Cl2N7O5. The Morgan fingerprint density at radius 2 is 1.50 bits per heavy atom. The fourth-order valence-corrected chi connectivity index (χ4v) is 9.90. The number of rotatable bonds is 17. The van der Waals surface area contributed by atoms with E-state index in [1.165, 1.54) is 12.8 Å². The van der Waals surface area contributed by atoms with E-state index in [1.54, 1.807) is 12.1 Å². The molecule has 1 amide bonds. The van der Waals surface area contributed by atoms with Crippen molar-refractivity contribution in [2.24, 2.45) is 24.6 Å². The summed E-state index contributed by atoms with van der Waals surface area (Å²) in [5, 5.41) is 32.8. The van der Waals surface area contributed by atoms with E-state index in [2.05, 4.69) is 38.2 Å². The van der Waals surface area contributed by atoms with Gasteiger partial charge in [-0.1, -0.05) is 35.3 Å². The van der Waals surface area contributed by atoms with Crippen LogP contribution in [0.4, 0.5) is 5.69 Å². The highest BCUT2D eigenvalue weighted by Gasteiger charge is 2.41. The van der Waals surface area contributed by atoms with Crippen LogP contribution in [0.5, 0.6) is 11.5 Å². The van der Waals surface area contributed by atoms with Crippen molar-refractivity contribution in [1.82, 2.24) is 24.9 Å². The lowest BCUT2D eigenvalue weighted by molar-refractivity contribution is -0.126. The number of aliphatic hydroxyl groups is 2. The second-order valence-corrected chi connectivity index (χ2v) is 18.8. The van der Waals surface area contributed by atoms with Crippen LogP contribution in [0.2, 0.25) is 10.0 Å². The number of fused-ring (bicyclic) bond motifs is 1. The summed E-state index contributed by atoms with van der Waals surface area (Å²) in [6.45, 7) is 6.60. The highest BCUT2D eigenvalue weighted by atomic mass is 35.5. The van der Waals surface area contributed by atoms with Crippen molar-refractivity contribution in [2.45, 2.75) is 94.3 Å². The zero-order valence-corrected chi connectivity index (χ0v) is 36.0. The van der Waals surface area contributed by atoms with Crippen LogP contribution in [0.25, 0.3) is 10.9 Å².